The van der Waals surface area contributed by atoms with Crippen molar-refractivity contribution in [2.45, 2.75) is 13.3 Å². The SMILES string of the molecule is CCc1nc2cc(C(=O)NC)ccc2n1Cl. The lowest BCUT2D eigenvalue weighted by Crippen LogP contribution is -2.17. The van der Waals surface area contributed by atoms with Gasteiger partial charge in [0.25, 0.3) is 5.91 Å². The summed E-state index contributed by atoms with van der Waals surface area (Å²) < 4.78 is 1.53. The third kappa shape index (κ3) is 1.65. The molecule has 1 N–H and O–H groups in total. The van der Waals surface area contributed by atoms with Crippen LogP contribution in [0.15, 0.2) is 18.2 Å². The van der Waals surface area contributed by atoms with E-state index in [1.54, 1.807) is 25.2 Å². The van der Waals surface area contributed by atoms with Crippen molar-refractivity contribution >= 4 is 28.7 Å². The van der Waals surface area contributed by atoms with Crippen molar-refractivity contribution in [1.82, 2.24) is 14.4 Å². The van der Waals surface area contributed by atoms with Crippen LogP contribution in [-0.4, -0.2) is 22.0 Å². The summed E-state index contributed by atoms with van der Waals surface area (Å²) >= 11 is 6.08. The molecular weight excluding hydrogens is 226 g/mol. The van der Waals surface area contributed by atoms with Gasteiger partial charge in [-0.05, 0) is 18.2 Å². The Morgan fingerprint density at radius 2 is 2.31 bits per heavy atom. The summed E-state index contributed by atoms with van der Waals surface area (Å²) in [4.78, 5) is 15.8. The van der Waals surface area contributed by atoms with Crippen LogP contribution < -0.4 is 5.32 Å². The molecular formula is C11H12ClN3O. The van der Waals surface area contributed by atoms with E-state index >= 15 is 0 Å². The molecule has 0 fully saturated rings. The summed E-state index contributed by atoms with van der Waals surface area (Å²) in [6.07, 6.45) is 0.757. The van der Waals surface area contributed by atoms with E-state index < -0.39 is 0 Å². The topological polar surface area (TPSA) is 46.9 Å². The highest BCUT2D eigenvalue weighted by Gasteiger charge is 2.10. The van der Waals surface area contributed by atoms with Crippen molar-refractivity contribution < 1.29 is 4.79 Å². The van der Waals surface area contributed by atoms with Crippen molar-refractivity contribution in [3.05, 3.63) is 29.6 Å². The zero-order valence-corrected chi connectivity index (χ0v) is 9.88. The summed E-state index contributed by atoms with van der Waals surface area (Å²) in [6, 6.07) is 5.28. The molecule has 5 heteroatoms. The largest absolute Gasteiger partial charge is 0.355 e. The molecule has 0 saturated heterocycles. The van der Waals surface area contributed by atoms with Crippen LogP contribution in [0.2, 0.25) is 0 Å². The van der Waals surface area contributed by atoms with Crippen LogP contribution in [0.25, 0.3) is 11.0 Å². The first-order valence-electron chi connectivity index (χ1n) is 5.07. The highest BCUT2D eigenvalue weighted by atomic mass is 35.5. The smallest absolute Gasteiger partial charge is 0.251 e. The molecule has 1 aromatic heterocycles. The first-order valence-corrected chi connectivity index (χ1v) is 5.40. The number of carbonyl (C=O) groups excluding carboxylic acids is 1. The van der Waals surface area contributed by atoms with Crippen molar-refractivity contribution in [2.24, 2.45) is 0 Å². The number of hydrogen-bond acceptors (Lipinski definition) is 2. The average Bonchev–Trinajstić information content (AvgIpc) is 2.64. The number of aryl methyl sites for hydroxylation is 1. The second-order valence-corrected chi connectivity index (χ2v) is 3.78. The predicted molar refractivity (Wildman–Crippen MR) is 63.8 cm³/mol. The summed E-state index contributed by atoms with van der Waals surface area (Å²) in [5.74, 6) is 0.676. The number of halogens is 1. The summed E-state index contributed by atoms with van der Waals surface area (Å²) in [5.41, 5.74) is 2.16. The Hall–Kier alpha value is -1.55. The maximum Gasteiger partial charge on any atom is 0.251 e. The number of nitrogens with one attached hydrogen (secondary N) is 1. The zero-order valence-electron chi connectivity index (χ0n) is 9.12. The number of nitrogens with zero attached hydrogens (tertiary/aromatic N) is 2. The molecule has 0 spiro atoms. The van der Waals surface area contributed by atoms with Gasteiger partial charge in [0.05, 0.1) is 11.0 Å². The summed E-state index contributed by atoms with van der Waals surface area (Å²) in [6.45, 7) is 1.99. The fourth-order valence-electron chi connectivity index (χ4n) is 1.60. The first kappa shape index (κ1) is 11.0. The molecule has 1 amide bonds. The van der Waals surface area contributed by atoms with Crippen LogP contribution in [0, 0.1) is 0 Å². The van der Waals surface area contributed by atoms with Gasteiger partial charge in [-0.2, -0.15) is 0 Å². The number of carbonyl (C=O) groups is 1. The van der Waals surface area contributed by atoms with Crippen molar-refractivity contribution in [3.63, 3.8) is 0 Å². The lowest BCUT2D eigenvalue weighted by Gasteiger charge is -1.99. The van der Waals surface area contributed by atoms with E-state index in [4.69, 9.17) is 11.8 Å². The number of benzene rings is 1. The third-order valence-corrected chi connectivity index (χ3v) is 2.85. The fraction of sp³-hybridized carbons (Fsp3) is 0.273. The van der Waals surface area contributed by atoms with Gasteiger partial charge in [-0.25, -0.2) is 9.07 Å². The van der Waals surface area contributed by atoms with Gasteiger partial charge in [-0.15, -0.1) is 0 Å². The quantitative estimate of drug-likeness (QED) is 0.868. The van der Waals surface area contributed by atoms with E-state index in [0.717, 1.165) is 23.3 Å². The fourth-order valence-corrected chi connectivity index (χ4v) is 1.90. The molecule has 16 heavy (non-hydrogen) atoms. The van der Waals surface area contributed by atoms with Crippen molar-refractivity contribution in [3.8, 4) is 0 Å². The maximum atomic E-state index is 11.4. The molecule has 4 nitrogen and oxygen atoms in total. The highest BCUT2D eigenvalue weighted by Crippen LogP contribution is 2.19. The van der Waals surface area contributed by atoms with Crippen LogP contribution in [0.1, 0.15) is 23.1 Å². The Morgan fingerprint density at radius 1 is 1.56 bits per heavy atom. The Kier molecular flexibility index (Phi) is 2.83. The number of amides is 1. The molecule has 0 unspecified atom stereocenters. The van der Waals surface area contributed by atoms with Gasteiger partial charge < -0.3 is 5.32 Å². The molecule has 2 rings (SSSR count). The monoisotopic (exact) mass is 237 g/mol. The van der Waals surface area contributed by atoms with Gasteiger partial charge in [0.15, 0.2) is 0 Å². The van der Waals surface area contributed by atoms with E-state index in [0.29, 0.717) is 5.56 Å². The van der Waals surface area contributed by atoms with Crippen molar-refractivity contribution in [1.29, 1.82) is 0 Å². The molecule has 0 aliphatic rings. The molecule has 0 aliphatic heterocycles. The molecule has 1 aromatic carbocycles. The Bertz CT molecular complexity index is 547. The van der Waals surface area contributed by atoms with Crippen LogP contribution in [-0.2, 0) is 6.42 Å². The second kappa shape index (κ2) is 4.14. The van der Waals surface area contributed by atoms with Gasteiger partial charge in [0, 0.05) is 30.8 Å². The lowest BCUT2D eigenvalue weighted by molar-refractivity contribution is 0.0963. The molecule has 1 heterocycles. The third-order valence-electron chi connectivity index (χ3n) is 2.47. The normalized spacial score (nSPS) is 10.7. The van der Waals surface area contributed by atoms with Crippen LogP contribution in [0.4, 0.5) is 0 Å². The number of imidazole rings is 1. The molecule has 0 aliphatic carbocycles. The first-order chi connectivity index (χ1) is 7.67. The molecule has 84 valence electrons. The van der Waals surface area contributed by atoms with Gasteiger partial charge >= 0.3 is 0 Å². The van der Waals surface area contributed by atoms with E-state index in [1.165, 1.54) is 4.09 Å². The molecule has 2 aromatic rings. The van der Waals surface area contributed by atoms with Crippen molar-refractivity contribution in [2.75, 3.05) is 7.05 Å². The van der Waals surface area contributed by atoms with Crippen LogP contribution in [0.5, 0.6) is 0 Å². The van der Waals surface area contributed by atoms with E-state index in [1.807, 2.05) is 6.92 Å². The predicted octanol–water partition coefficient (Wildman–Crippen LogP) is 1.96. The minimum Gasteiger partial charge on any atom is -0.355 e. The highest BCUT2D eigenvalue weighted by molar-refractivity contribution is 6.19. The Balaban J connectivity index is 2.59. The minimum atomic E-state index is -0.121. The summed E-state index contributed by atoms with van der Waals surface area (Å²) in [7, 11) is 1.60. The molecule has 0 bridgehead atoms. The number of aromatic nitrogens is 2. The number of hydrogen-bond donors (Lipinski definition) is 1. The zero-order chi connectivity index (χ0) is 11.7. The Morgan fingerprint density at radius 3 is 2.94 bits per heavy atom. The van der Waals surface area contributed by atoms with E-state index in [9.17, 15) is 4.79 Å². The van der Waals surface area contributed by atoms with Gasteiger partial charge in [0.2, 0.25) is 0 Å². The van der Waals surface area contributed by atoms with E-state index in [2.05, 4.69) is 10.3 Å². The Labute approximate surface area is 98.3 Å². The van der Waals surface area contributed by atoms with Crippen LogP contribution >= 0.6 is 11.8 Å². The van der Waals surface area contributed by atoms with Crippen LogP contribution in [0.3, 0.4) is 0 Å². The molecule has 0 atom stereocenters. The standard InChI is InChI=1S/C11H12ClN3O/c1-3-10-14-8-6-7(11(16)13-2)4-5-9(8)15(10)12/h4-6H,3H2,1-2H3,(H,13,16). The van der Waals surface area contributed by atoms with Gasteiger partial charge in [0.1, 0.15) is 5.82 Å². The maximum absolute atomic E-state index is 11.4. The van der Waals surface area contributed by atoms with Gasteiger partial charge in [-0.1, -0.05) is 6.92 Å². The number of fused-ring (bicyclic) bond motifs is 1. The van der Waals surface area contributed by atoms with E-state index in [-0.39, 0.29) is 5.91 Å². The molecule has 0 saturated carbocycles. The number of rotatable bonds is 2. The summed E-state index contributed by atoms with van der Waals surface area (Å²) in [5, 5.41) is 2.57. The second-order valence-electron chi connectivity index (χ2n) is 3.45. The average molecular weight is 238 g/mol. The van der Waals surface area contributed by atoms with Gasteiger partial charge in [-0.3, -0.25) is 4.79 Å². The molecule has 0 radical (unpaired) electrons. The lowest BCUT2D eigenvalue weighted by atomic mass is 10.2. The minimum absolute atomic E-state index is 0.121.